The maximum atomic E-state index is 12.6. The zero-order chi connectivity index (χ0) is 22.0. The van der Waals surface area contributed by atoms with Gasteiger partial charge in [0.1, 0.15) is 12.3 Å². The molecule has 0 saturated carbocycles. The fourth-order valence-corrected chi connectivity index (χ4v) is 3.38. The van der Waals surface area contributed by atoms with Gasteiger partial charge in [-0.25, -0.2) is 0 Å². The summed E-state index contributed by atoms with van der Waals surface area (Å²) in [4.78, 5) is 38.1. The van der Waals surface area contributed by atoms with Gasteiger partial charge in [-0.05, 0) is 53.6 Å². The van der Waals surface area contributed by atoms with Crippen molar-refractivity contribution in [3.8, 4) is 22.9 Å². The van der Waals surface area contributed by atoms with E-state index in [9.17, 15) is 14.4 Å². The predicted octanol–water partition coefficient (Wildman–Crippen LogP) is 3.73. The predicted molar refractivity (Wildman–Crippen MR) is 114 cm³/mol. The molecule has 0 radical (unpaired) electrons. The second-order valence-corrected chi connectivity index (χ2v) is 6.87. The normalized spacial score (nSPS) is 12.3. The molecule has 0 saturated heterocycles. The quantitative estimate of drug-likeness (QED) is 0.509. The van der Waals surface area contributed by atoms with Crippen molar-refractivity contribution in [1.29, 1.82) is 5.26 Å². The van der Waals surface area contributed by atoms with Gasteiger partial charge in [0, 0.05) is 11.3 Å². The summed E-state index contributed by atoms with van der Waals surface area (Å²) >= 11 is 0. The Morgan fingerprint density at radius 1 is 0.935 bits per heavy atom. The van der Waals surface area contributed by atoms with Crippen molar-refractivity contribution in [3.05, 3.63) is 83.4 Å². The van der Waals surface area contributed by atoms with E-state index in [1.54, 1.807) is 31.4 Å². The SMILES string of the molecule is COc1ccc(-c2ccc(C(=O)Nc3ccc4c(c3)C(=O)N(CC#N)C4=O)cc2)cc1. The first-order chi connectivity index (χ1) is 15.0. The lowest BCUT2D eigenvalue weighted by Crippen LogP contribution is -2.29. The Morgan fingerprint density at radius 3 is 2.16 bits per heavy atom. The summed E-state index contributed by atoms with van der Waals surface area (Å²) in [6, 6.07) is 21.0. The third-order valence-electron chi connectivity index (χ3n) is 5.03. The minimum atomic E-state index is -0.540. The van der Waals surface area contributed by atoms with Crippen LogP contribution in [-0.4, -0.2) is 36.3 Å². The standard InChI is InChI=1S/C24H17N3O4/c1-31-19-9-6-16(7-10-19)15-2-4-17(5-3-15)22(28)26-18-8-11-20-21(14-18)24(30)27(13-12-25)23(20)29/h2-11,14H,13H2,1H3,(H,26,28). The Balaban J connectivity index is 1.50. The van der Waals surface area contributed by atoms with E-state index in [1.807, 2.05) is 36.4 Å². The van der Waals surface area contributed by atoms with Crippen molar-refractivity contribution in [2.75, 3.05) is 19.0 Å². The first-order valence-electron chi connectivity index (χ1n) is 9.45. The molecule has 7 nitrogen and oxygen atoms in total. The van der Waals surface area contributed by atoms with Gasteiger partial charge in [0.2, 0.25) is 0 Å². The molecule has 31 heavy (non-hydrogen) atoms. The van der Waals surface area contributed by atoms with E-state index < -0.39 is 11.8 Å². The molecule has 0 aliphatic carbocycles. The summed E-state index contributed by atoms with van der Waals surface area (Å²) in [5.74, 6) is -0.619. The Bertz CT molecular complexity index is 1230. The number of rotatable bonds is 5. The first-order valence-corrected chi connectivity index (χ1v) is 9.45. The number of fused-ring (bicyclic) bond motifs is 1. The number of carbonyl (C=O) groups is 3. The van der Waals surface area contributed by atoms with E-state index in [2.05, 4.69) is 5.32 Å². The highest BCUT2D eigenvalue weighted by Crippen LogP contribution is 2.26. The maximum absolute atomic E-state index is 12.6. The molecular formula is C24H17N3O4. The van der Waals surface area contributed by atoms with E-state index in [0.717, 1.165) is 21.8 Å². The van der Waals surface area contributed by atoms with E-state index in [1.165, 1.54) is 12.1 Å². The molecule has 0 fully saturated rings. The topological polar surface area (TPSA) is 99.5 Å². The number of nitriles is 1. The van der Waals surface area contributed by atoms with Crippen LogP contribution in [0.15, 0.2) is 66.7 Å². The molecule has 0 unspecified atom stereocenters. The van der Waals surface area contributed by atoms with E-state index >= 15 is 0 Å². The summed E-state index contributed by atoms with van der Waals surface area (Å²) in [6.45, 7) is -0.311. The summed E-state index contributed by atoms with van der Waals surface area (Å²) in [5, 5.41) is 11.5. The third-order valence-corrected chi connectivity index (χ3v) is 5.03. The zero-order valence-corrected chi connectivity index (χ0v) is 16.6. The lowest BCUT2D eigenvalue weighted by Gasteiger charge is -2.08. The molecule has 1 aliphatic rings. The fraction of sp³-hybridized carbons (Fsp3) is 0.0833. The monoisotopic (exact) mass is 411 g/mol. The second kappa shape index (κ2) is 8.13. The number of ether oxygens (including phenoxy) is 1. The van der Waals surface area contributed by atoms with Crippen LogP contribution < -0.4 is 10.1 Å². The molecule has 3 aromatic rings. The van der Waals surface area contributed by atoms with Gasteiger partial charge in [-0.2, -0.15) is 5.26 Å². The number of benzene rings is 3. The Kier molecular flexibility index (Phi) is 5.21. The van der Waals surface area contributed by atoms with Crippen molar-refractivity contribution >= 4 is 23.4 Å². The van der Waals surface area contributed by atoms with Crippen LogP contribution >= 0.6 is 0 Å². The largest absolute Gasteiger partial charge is 0.497 e. The van der Waals surface area contributed by atoms with Crippen LogP contribution in [-0.2, 0) is 0 Å². The Labute approximate surface area is 178 Å². The van der Waals surface area contributed by atoms with Crippen LogP contribution in [0.5, 0.6) is 5.75 Å². The van der Waals surface area contributed by atoms with Crippen LogP contribution in [0.2, 0.25) is 0 Å². The molecule has 3 aromatic carbocycles. The Hall–Kier alpha value is -4.44. The summed E-state index contributed by atoms with van der Waals surface area (Å²) in [5.41, 5.74) is 3.19. The average molecular weight is 411 g/mol. The number of nitrogens with one attached hydrogen (secondary N) is 1. The average Bonchev–Trinajstić information content (AvgIpc) is 3.04. The highest BCUT2D eigenvalue weighted by atomic mass is 16.5. The van der Waals surface area contributed by atoms with Crippen LogP contribution in [0.1, 0.15) is 31.1 Å². The van der Waals surface area contributed by atoms with Gasteiger partial charge in [-0.15, -0.1) is 0 Å². The van der Waals surface area contributed by atoms with Gasteiger partial charge in [-0.3, -0.25) is 19.3 Å². The highest BCUT2D eigenvalue weighted by molar-refractivity contribution is 6.22. The van der Waals surface area contributed by atoms with Gasteiger partial charge in [0.15, 0.2) is 0 Å². The molecule has 1 N–H and O–H groups in total. The molecule has 4 rings (SSSR count). The number of imide groups is 1. The van der Waals surface area contributed by atoms with E-state index in [4.69, 9.17) is 10.00 Å². The van der Waals surface area contributed by atoms with Crippen LogP contribution in [0.3, 0.4) is 0 Å². The van der Waals surface area contributed by atoms with Crippen LogP contribution in [0.25, 0.3) is 11.1 Å². The molecule has 1 aliphatic heterocycles. The number of carbonyl (C=O) groups excluding carboxylic acids is 3. The lowest BCUT2D eigenvalue weighted by atomic mass is 10.0. The van der Waals surface area contributed by atoms with Gasteiger partial charge in [-0.1, -0.05) is 24.3 Å². The first kappa shape index (κ1) is 19.9. The second-order valence-electron chi connectivity index (χ2n) is 6.87. The van der Waals surface area contributed by atoms with E-state index in [-0.39, 0.29) is 23.6 Å². The molecular weight excluding hydrogens is 394 g/mol. The van der Waals surface area contributed by atoms with Gasteiger partial charge < -0.3 is 10.1 Å². The van der Waals surface area contributed by atoms with Crippen molar-refractivity contribution in [3.63, 3.8) is 0 Å². The molecule has 0 aromatic heterocycles. The minimum absolute atomic E-state index is 0.174. The van der Waals surface area contributed by atoms with Crippen molar-refractivity contribution < 1.29 is 19.1 Å². The van der Waals surface area contributed by atoms with Gasteiger partial charge >= 0.3 is 0 Å². The van der Waals surface area contributed by atoms with E-state index in [0.29, 0.717) is 11.3 Å². The molecule has 1 heterocycles. The Morgan fingerprint density at radius 2 is 1.55 bits per heavy atom. The smallest absolute Gasteiger partial charge is 0.262 e. The molecule has 152 valence electrons. The minimum Gasteiger partial charge on any atom is -0.497 e. The molecule has 0 bridgehead atoms. The number of hydrogen-bond acceptors (Lipinski definition) is 5. The van der Waals surface area contributed by atoms with Crippen molar-refractivity contribution in [1.82, 2.24) is 4.90 Å². The summed E-state index contributed by atoms with van der Waals surface area (Å²) in [6.07, 6.45) is 0. The van der Waals surface area contributed by atoms with Crippen molar-refractivity contribution in [2.24, 2.45) is 0 Å². The number of amides is 3. The summed E-state index contributed by atoms with van der Waals surface area (Å²) < 4.78 is 5.16. The lowest BCUT2D eigenvalue weighted by molar-refractivity contribution is 0.0673. The number of methoxy groups -OCH3 is 1. The highest BCUT2D eigenvalue weighted by Gasteiger charge is 2.35. The van der Waals surface area contributed by atoms with Crippen molar-refractivity contribution in [2.45, 2.75) is 0 Å². The van der Waals surface area contributed by atoms with Gasteiger partial charge in [0.05, 0.1) is 24.3 Å². The zero-order valence-electron chi connectivity index (χ0n) is 16.6. The molecule has 3 amide bonds. The van der Waals surface area contributed by atoms with Crippen LogP contribution in [0, 0.1) is 11.3 Å². The molecule has 0 atom stereocenters. The number of anilines is 1. The number of nitrogens with zero attached hydrogens (tertiary/aromatic N) is 2. The number of hydrogen-bond donors (Lipinski definition) is 1. The molecule has 0 spiro atoms. The summed E-state index contributed by atoms with van der Waals surface area (Å²) in [7, 11) is 1.61. The fourth-order valence-electron chi connectivity index (χ4n) is 3.38. The third kappa shape index (κ3) is 3.74. The van der Waals surface area contributed by atoms with Crippen LogP contribution in [0.4, 0.5) is 5.69 Å². The maximum Gasteiger partial charge on any atom is 0.262 e. The van der Waals surface area contributed by atoms with Gasteiger partial charge in [0.25, 0.3) is 17.7 Å². The molecule has 7 heteroatoms.